The number of likely N-dealkylation sites (N-methyl/N-ethyl adjacent to an activating group) is 1. The number of methoxy groups -OCH3 is 1. The molecule has 13 atom stereocenters. The van der Waals surface area contributed by atoms with Gasteiger partial charge in [-0.05, 0) is 91.6 Å². The lowest BCUT2D eigenvalue weighted by molar-refractivity contribution is -0.295. The number of hydrogen-bond donors (Lipinski definition) is 3. The number of nitrogens with one attached hydrogen (secondary N) is 1. The smallest absolute Gasteiger partial charge is 0.425 e. The number of nitrogens with zero attached hydrogens (tertiary/aromatic N) is 4. The van der Waals surface area contributed by atoms with E-state index in [4.69, 9.17) is 23.7 Å². The molecule has 3 N–H and O–H groups in total. The number of fused-ring (bicyclic) bond motifs is 2. The Bertz CT molecular complexity index is 1790. The Kier molecular flexibility index (Phi) is 14.6. The number of cyclic esters (lactones) is 1. The van der Waals surface area contributed by atoms with E-state index in [1.54, 1.807) is 27.0 Å². The second kappa shape index (κ2) is 18.7. The van der Waals surface area contributed by atoms with Gasteiger partial charge in [0.15, 0.2) is 17.7 Å². The average molecular weight is 812 g/mol. The second-order valence-corrected chi connectivity index (χ2v) is 17.2. The third-order valence-electron chi connectivity index (χ3n) is 12.9. The zero-order valence-corrected chi connectivity index (χ0v) is 36.0. The van der Waals surface area contributed by atoms with Crippen molar-refractivity contribution >= 4 is 34.5 Å². The summed E-state index contributed by atoms with van der Waals surface area (Å²) in [6, 6.07) is 8.84. The SMILES string of the molecule is CC[C@H]1OC(=O)[C@H](C)C(=O)[C@H](C)[C@@H](O[C@@H]2O[C@H](C)C[C@H](N(C)C)[C@H]2O)[C@](C)(OC)C[C@@H](C)/C(=N\O)[C@H](C)[C@H]2N(NCCCc3ccnc4ccccc34)C(=O)O[C@]12C. The van der Waals surface area contributed by atoms with Gasteiger partial charge in [0.05, 0.1) is 29.0 Å². The molecule has 1 amide bonds. The number of aromatic nitrogens is 1. The fourth-order valence-electron chi connectivity index (χ4n) is 9.58. The number of carbonyl (C=O) groups is 3. The van der Waals surface area contributed by atoms with Gasteiger partial charge in [0.2, 0.25) is 0 Å². The van der Waals surface area contributed by atoms with Gasteiger partial charge < -0.3 is 38.9 Å². The lowest BCUT2D eigenvalue weighted by Crippen LogP contribution is -2.61. The molecule has 322 valence electrons. The molecule has 0 saturated carbocycles. The van der Waals surface area contributed by atoms with Crippen LogP contribution in [0.4, 0.5) is 4.79 Å². The van der Waals surface area contributed by atoms with Crippen LogP contribution in [-0.2, 0) is 39.7 Å². The number of para-hydroxylation sites is 1. The molecule has 3 aliphatic heterocycles. The van der Waals surface area contributed by atoms with Crippen molar-refractivity contribution in [1.29, 1.82) is 0 Å². The maximum Gasteiger partial charge on any atom is 0.425 e. The molecule has 3 aliphatic rings. The molecule has 0 radical (unpaired) electrons. The minimum atomic E-state index is -1.42. The van der Waals surface area contributed by atoms with Crippen molar-refractivity contribution in [2.45, 2.75) is 141 Å². The molecule has 0 aliphatic carbocycles. The van der Waals surface area contributed by atoms with E-state index in [9.17, 15) is 24.7 Å². The summed E-state index contributed by atoms with van der Waals surface area (Å²) < 4.78 is 31.4. The number of Topliss-reactive ketones (excluding diaryl/α,β-unsaturated/α-hetero) is 1. The van der Waals surface area contributed by atoms with Crippen LogP contribution < -0.4 is 5.43 Å². The highest BCUT2D eigenvalue weighted by molar-refractivity contribution is 6.00. The lowest BCUT2D eigenvalue weighted by Gasteiger charge is -2.47. The Morgan fingerprint density at radius 3 is 2.43 bits per heavy atom. The number of aryl methyl sites for hydroxylation is 1. The van der Waals surface area contributed by atoms with Crippen LogP contribution in [0.3, 0.4) is 0 Å². The standard InChI is InChI=1S/C43H65N5O10/c1-12-33-43(8)37(48(41(52)58-43)45-20-15-16-29-19-21-44-31-18-14-13-17-30(29)31)26(4)34(46-53)24(2)23-42(7,54-11)38(27(5)35(49)28(6)39(51)56-33)57-40-36(50)32(47(9)10)22-25(3)55-40/h13-14,17-19,21,24-28,32-33,36-38,40,45,50,53H,12,15-16,20,22-23H2,1-11H3/b46-34+/t24-,25-,26+,27+,28-,32+,33-,36-,37-,38-,40+,42-,43-/m1/s1. The summed E-state index contributed by atoms with van der Waals surface area (Å²) in [5.74, 6) is -4.57. The number of ether oxygens (including phenoxy) is 5. The zero-order valence-electron chi connectivity index (χ0n) is 36.0. The number of aliphatic hydroxyl groups excluding tert-OH is 1. The van der Waals surface area contributed by atoms with Crippen LogP contribution in [0.2, 0.25) is 0 Å². The molecular weight excluding hydrogens is 746 g/mol. The van der Waals surface area contributed by atoms with E-state index in [0.29, 0.717) is 31.5 Å². The van der Waals surface area contributed by atoms with Crippen molar-refractivity contribution < 1.29 is 48.4 Å². The first-order valence-electron chi connectivity index (χ1n) is 20.7. The Hall–Kier alpha value is -3.73. The number of ketones is 1. The first-order chi connectivity index (χ1) is 27.4. The summed E-state index contributed by atoms with van der Waals surface area (Å²) in [7, 11) is 5.26. The molecule has 15 heteroatoms. The van der Waals surface area contributed by atoms with Crippen molar-refractivity contribution in [1.82, 2.24) is 20.3 Å². The number of carbonyl (C=O) groups excluding carboxylic acids is 3. The summed E-state index contributed by atoms with van der Waals surface area (Å²) in [6.07, 6.45) is -0.909. The van der Waals surface area contributed by atoms with E-state index in [1.165, 1.54) is 19.0 Å². The molecule has 3 saturated heterocycles. The topological polar surface area (TPSA) is 182 Å². The Morgan fingerprint density at radius 1 is 1.07 bits per heavy atom. The number of hydrogen-bond acceptors (Lipinski definition) is 14. The molecule has 1 aromatic carbocycles. The van der Waals surface area contributed by atoms with Crippen LogP contribution in [0, 0.1) is 23.7 Å². The maximum absolute atomic E-state index is 14.4. The Labute approximate surface area is 342 Å². The highest BCUT2D eigenvalue weighted by Crippen LogP contribution is 2.43. The van der Waals surface area contributed by atoms with E-state index in [2.05, 4.69) is 15.6 Å². The third kappa shape index (κ3) is 9.04. The normalized spacial score (nSPS) is 37.5. The molecule has 4 heterocycles. The summed E-state index contributed by atoms with van der Waals surface area (Å²) in [6.45, 7) is 14.6. The molecule has 2 aromatic rings. The van der Waals surface area contributed by atoms with E-state index >= 15 is 0 Å². The molecule has 15 nitrogen and oxygen atoms in total. The summed E-state index contributed by atoms with van der Waals surface area (Å²) in [5, 5.41) is 28.6. The lowest BCUT2D eigenvalue weighted by atomic mass is 9.73. The van der Waals surface area contributed by atoms with Crippen molar-refractivity contribution in [3.05, 3.63) is 42.1 Å². The highest BCUT2D eigenvalue weighted by Gasteiger charge is 2.60. The number of rotatable bonds is 10. The molecule has 3 fully saturated rings. The zero-order chi connectivity index (χ0) is 42.7. The van der Waals surface area contributed by atoms with Gasteiger partial charge in [-0.1, -0.05) is 51.0 Å². The number of oxime groups is 1. The van der Waals surface area contributed by atoms with Crippen molar-refractivity contribution in [3.8, 4) is 0 Å². The average Bonchev–Trinajstić information content (AvgIpc) is 3.46. The predicted molar refractivity (Wildman–Crippen MR) is 217 cm³/mol. The second-order valence-electron chi connectivity index (χ2n) is 17.2. The van der Waals surface area contributed by atoms with Crippen LogP contribution >= 0.6 is 0 Å². The largest absolute Gasteiger partial charge is 0.458 e. The Morgan fingerprint density at radius 2 is 1.78 bits per heavy atom. The van der Waals surface area contributed by atoms with Gasteiger partial charge in [0, 0.05) is 49.0 Å². The van der Waals surface area contributed by atoms with Crippen LogP contribution in [-0.4, -0.2) is 131 Å². The van der Waals surface area contributed by atoms with Crippen LogP contribution in [0.1, 0.15) is 86.6 Å². The van der Waals surface area contributed by atoms with Gasteiger partial charge in [-0.25, -0.2) is 15.2 Å². The minimum absolute atomic E-state index is 0.187. The molecule has 0 bridgehead atoms. The summed E-state index contributed by atoms with van der Waals surface area (Å²) in [4.78, 5) is 48.7. The van der Waals surface area contributed by atoms with E-state index < -0.39 is 83.4 Å². The van der Waals surface area contributed by atoms with Gasteiger partial charge in [0.1, 0.15) is 24.2 Å². The molecular formula is C43H65N5O10. The van der Waals surface area contributed by atoms with Crippen molar-refractivity contribution in [2.75, 3.05) is 27.7 Å². The minimum Gasteiger partial charge on any atom is -0.458 e. The number of benzene rings is 1. The first-order valence-corrected chi connectivity index (χ1v) is 20.7. The molecule has 5 rings (SSSR count). The Balaban J connectivity index is 1.49. The predicted octanol–water partition coefficient (Wildman–Crippen LogP) is 5.14. The number of pyridine rings is 1. The van der Waals surface area contributed by atoms with Gasteiger partial charge >= 0.3 is 12.1 Å². The molecule has 0 spiro atoms. The van der Waals surface area contributed by atoms with Gasteiger partial charge in [-0.3, -0.25) is 14.6 Å². The summed E-state index contributed by atoms with van der Waals surface area (Å²) >= 11 is 0. The van der Waals surface area contributed by atoms with E-state index in [0.717, 1.165) is 16.5 Å². The monoisotopic (exact) mass is 811 g/mol. The van der Waals surface area contributed by atoms with Crippen molar-refractivity contribution in [2.24, 2.45) is 28.8 Å². The van der Waals surface area contributed by atoms with Crippen LogP contribution in [0.5, 0.6) is 0 Å². The fourth-order valence-corrected chi connectivity index (χ4v) is 9.58. The number of aliphatic hydroxyl groups is 1. The van der Waals surface area contributed by atoms with Crippen molar-refractivity contribution in [3.63, 3.8) is 0 Å². The summed E-state index contributed by atoms with van der Waals surface area (Å²) in [5.41, 5.74) is 3.01. The number of hydrazine groups is 1. The highest BCUT2D eigenvalue weighted by atomic mass is 16.7. The molecule has 1 aromatic heterocycles. The number of amides is 1. The molecule has 58 heavy (non-hydrogen) atoms. The van der Waals surface area contributed by atoms with Gasteiger partial charge in [-0.15, -0.1) is 0 Å². The quantitative estimate of drug-likeness (QED) is 0.0945. The van der Waals surface area contributed by atoms with E-state index in [-0.39, 0.29) is 25.0 Å². The fraction of sp³-hybridized carbons (Fsp3) is 0.698. The van der Waals surface area contributed by atoms with Crippen LogP contribution in [0.15, 0.2) is 41.7 Å². The van der Waals surface area contributed by atoms with Gasteiger partial charge in [0.25, 0.3) is 0 Å². The third-order valence-corrected chi connectivity index (χ3v) is 12.9. The first kappa shape index (κ1) is 45.4. The van der Waals surface area contributed by atoms with Gasteiger partial charge in [-0.2, -0.15) is 0 Å². The number of esters is 1. The van der Waals surface area contributed by atoms with E-state index in [1.807, 2.05) is 77.0 Å². The maximum atomic E-state index is 14.4. The van der Waals surface area contributed by atoms with Crippen LogP contribution in [0.25, 0.3) is 10.9 Å². The molecule has 0 unspecified atom stereocenters.